The second kappa shape index (κ2) is 9.10. The van der Waals surface area contributed by atoms with Gasteiger partial charge in [-0.05, 0) is 0 Å². The minimum absolute atomic E-state index is 0.0945. The quantitative estimate of drug-likeness (QED) is 0.161. The average Bonchev–Trinajstić information content (AvgIpc) is 2.81. The van der Waals surface area contributed by atoms with Crippen LogP contribution < -0.4 is 5.69 Å². The molecule has 0 aromatic carbocycles. The largest absolute Gasteiger partial charge is 0.490 e. The molecule has 1 aliphatic rings. The lowest BCUT2D eigenvalue weighted by Gasteiger charge is -2.19. The number of phosphoric acid groups is 3. The molecule has 2 rings (SSSR count). The van der Waals surface area contributed by atoms with E-state index < -0.39 is 60.2 Å². The van der Waals surface area contributed by atoms with Crippen molar-refractivity contribution in [3.8, 4) is 0 Å². The van der Waals surface area contributed by atoms with Crippen LogP contribution in [0.3, 0.4) is 0 Å². The highest BCUT2D eigenvalue weighted by Gasteiger charge is 2.46. The molecule has 1 fully saturated rings. The molecule has 6 atom stereocenters. The van der Waals surface area contributed by atoms with Gasteiger partial charge in [0.2, 0.25) is 0 Å². The van der Waals surface area contributed by atoms with Crippen LogP contribution in [0, 0.1) is 4.64 Å². The summed E-state index contributed by atoms with van der Waals surface area (Å²) in [5.41, 5.74) is -0.444. The molecule has 1 aliphatic heterocycles. The molecule has 2 unspecified atom stereocenters. The Kier molecular flexibility index (Phi) is 7.78. The van der Waals surface area contributed by atoms with Crippen molar-refractivity contribution in [2.75, 3.05) is 6.61 Å². The van der Waals surface area contributed by atoms with Crippen LogP contribution in [-0.4, -0.2) is 64.3 Å². The molecule has 0 spiro atoms. The van der Waals surface area contributed by atoms with Crippen molar-refractivity contribution in [2.45, 2.75) is 24.4 Å². The van der Waals surface area contributed by atoms with E-state index in [0.717, 1.165) is 4.57 Å². The van der Waals surface area contributed by atoms with E-state index in [1.807, 2.05) is 0 Å². The smallest absolute Gasteiger partial charge is 0.387 e. The fourth-order valence-electron chi connectivity index (χ4n) is 2.40. The van der Waals surface area contributed by atoms with E-state index in [1.54, 1.807) is 0 Å². The van der Waals surface area contributed by atoms with Crippen molar-refractivity contribution >= 4 is 35.7 Å². The minimum Gasteiger partial charge on any atom is -0.387 e. The number of aryl methyl sites for hydroxylation is 1. The fraction of sp³-hybridized carbons (Fsp3) is 0.600. The second-order valence-electron chi connectivity index (χ2n) is 5.92. The van der Waals surface area contributed by atoms with Gasteiger partial charge in [-0.25, -0.2) is 18.5 Å². The summed E-state index contributed by atoms with van der Waals surface area (Å²) in [5.74, 6) is 0. The van der Waals surface area contributed by atoms with Crippen LogP contribution in [0.2, 0.25) is 0 Å². The van der Waals surface area contributed by atoms with E-state index in [1.165, 1.54) is 13.2 Å². The highest BCUT2D eigenvalue weighted by atomic mass is 32.1. The number of aliphatic hydroxyl groups excluding tert-OH is 2. The number of rotatable bonds is 8. The lowest BCUT2D eigenvalue weighted by molar-refractivity contribution is -0.0226. The van der Waals surface area contributed by atoms with Crippen LogP contribution in [0.25, 0.3) is 0 Å². The van der Waals surface area contributed by atoms with Crippen LogP contribution in [0.5, 0.6) is 0 Å². The van der Waals surface area contributed by atoms with Gasteiger partial charge in [0.15, 0.2) is 0 Å². The van der Waals surface area contributed by atoms with E-state index >= 15 is 0 Å². The Balaban J connectivity index is 2.09. The Hall–Kier alpha value is -0.610. The topological polar surface area (TPSA) is 247 Å². The molecule has 0 bridgehead atoms. The number of aromatic nitrogens is 2. The van der Waals surface area contributed by atoms with Gasteiger partial charge in [0.25, 0.3) is 0 Å². The first-order valence-corrected chi connectivity index (χ1v) is 12.5. The maximum absolute atomic E-state index is 11.7. The number of phosphoric ester groups is 1. The summed E-state index contributed by atoms with van der Waals surface area (Å²) in [6, 6.07) is 0. The molecule has 16 nitrogen and oxygen atoms in total. The van der Waals surface area contributed by atoms with Gasteiger partial charge in [0.1, 0.15) is 29.1 Å². The monoisotopic (exact) mass is 514 g/mol. The average molecular weight is 514 g/mol. The van der Waals surface area contributed by atoms with Crippen LogP contribution in [0.15, 0.2) is 11.0 Å². The predicted molar refractivity (Wildman–Crippen MR) is 96.3 cm³/mol. The van der Waals surface area contributed by atoms with Crippen molar-refractivity contribution in [2.24, 2.45) is 7.05 Å². The summed E-state index contributed by atoms with van der Waals surface area (Å²) in [5, 5.41) is 20.3. The van der Waals surface area contributed by atoms with E-state index in [9.17, 15) is 33.6 Å². The highest BCUT2D eigenvalue weighted by molar-refractivity contribution is 7.71. The van der Waals surface area contributed by atoms with E-state index in [0.29, 0.717) is 0 Å². The van der Waals surface area contributed by atoms with Crippen LogP contribution in [0.1, 0.15) is 11.7 Å². The SMILES string of the molecule is Cn1cc([C@@H]2O[C@H](COP(=O)(O)OP(=O)(O)OP(=O)(O)O)[C@@H](O)[C@H]2O)c(=S)[nH]c1=O. The third-order valence-corrected chi connectivity index (χ3v) is 7.76. The van der Waals surface area contributed by atoms with Gasteiger partial charge in [-0.15, -0.1) is 0 Å². The third-order valence-electron chi connectivity index (χ3n) is 3.62. The van der Waals surface area contributed by atoms with E-state index in [4.69, 9.17) is 31.6 Å². The molecule has 0 aliphatic carbocycles. The van der Waals surface area contributed by atoms with Gasteiger partial charge in [0.05, 0.1) is 6.61 Å². The number of hydrogen-bond donors (Lipinski definition) is 7. The number of aromatic amines is 1. The van der Waals surface area contributed by atoms with Crippen molar-refractivity contribution in [3.05, 3.63) is 26.9 Å². The number of hydrogen-bond acceptors (Lipinski definition) is 11. The van der Waals surface area contributed by atoms with Gasteiger partial charge in [-0.3, -0.25) is 9.51 Å². The maximum atomic E-state index is 11.7. The van der Waals surface area contributed by atoms with E-state index in [-0.39, 0.29) is 10.2 Å². The Morgan fingerprint density at radius 3 is 2.30 bits per heavy atom. The van der Waals surface area contributed by atoms with Gasteiger partial charge in [-0.1, -0.05) is 12.2 Å². The van der Waals surface area contributed by atoms with Crippen LogP contribution >= 0.6 is 35.7 Å². The molecule has 2 heterocycles. The molecular weight excluding hydrogens is 497 g/mol. The first-order valence-electron chi connectivity index (χ1n) is 7.61. The zero-order valence-corrected chi connectivity index (χ0v) is 18.2. The summed E-state index contributed by atoms with van der Waals surface area (Å²) in [6.45, 7) is -0.972. The van der Waals surface area contributed by atoms with Gasteiger partial charge in [-0.2, -0.15) is 8.62 Å². The molecular formula is C10H17N2O14P3S. The zero-order valence-electron chi connectivity index (χ0n) is 14.7. The second-order valence-corrected chi connectivity index (χ2v) is 10.7. The molecule has 1 saturated heterocycles. The molecule has 0 saturated carbocycles. The molecule has 20 heteroatoms. The van der Waals surface area contributed by atoms with Crippen LogP contribution in [0.4, 0.5) is 0 Å². The fourth-order valence-corrected chi connectivity index (χ4v) is 5.69. The minimum atomic E-state index is -5.71. The Labute approximate surface area is 172 Å². The lowest BCUT2D eigenvalue weighted by atomic mass is 10.0. The number of nitrogens with zero attached hydrogens (tertiary/aromatic N) is 1. The molecule has 1 aromatic heterocycles. The van der Waals surface area contributed by atoms with Crippen LogP contribution in [-0.2, 0) is 38.6 Å². The summed E-state index contributed by atoms with van der Waals surface area (Å²) in [7, 11) is -15.3. The number of nitrogens with one attached hydrogen (secondary N) is 1. The Bertz CT molecular complexity index is 1050. The highest BCUT2D eigenvalue weighted by Crippen LogP contribution is 2.66. The number of H-pyrrole nitrogens is 1. The third kappa shape index (κ3) is 6.69. The molecule has 1 aromatic rings. The number of aliphatic hydroxyl groups is 2. The number of ether oxygens (including phenoxy) is 1. The van der Waals surface area contributed by atoms with Crippen molar-refractivity contribution in [3.63, 3.8) is 0 Å². The van der Waals surface area contributed by atoms with Gasteiger partial charge in [0, 0.05) is 18.8 Å². The standard InChI is InChI=1S/C10H17N2O14P3S/c1-12-2-4(9(30)11-10(12)15)8-7(14)6(13)5(24-8)3-23-28(19,20)26-29(21,22)25-27(16,17)18/h2,5-8,13-14H,3H2,1H3,(H,19,20)(H,21,22)(H,11,15,30)(H2,16,17,18)/t5-,6-,7-,8+/m1/s1. The summed E-state index contributed by atoms with van der Waals surface area (Å²) >= 11 is 4.98. The molecule has 30 heavy (non-hydrogen) atoms. The Morgan fingerprint density at radius 2 is 1.73 bits per heavy atom. The van der Waals surface area contributed by atoms with E-state index in [2.05, 4.69) is 18.1 Å². The van der Waals surface area contributed by atoms with Crippen molar-refractivity contribution in [1.29, 1.82) is 0 Å². The van der Waals surface area contributed by atoms with Crippen molar-refractivity contribution < 1.29 is 61.4 Å². The lowest BCUT2D eigenvalue weighted by Crippen LogP contribution is -2.33. The Morgan fingerprint density at radius 1 is 1.13 bits per heavy atom. The summed E-state index contributed by atoms with van der Waals surface area (Å²) in [6.07, 6.45) is -4.79. The molecule has 0 radical (unpaired) electrons. The maximum Gasteiger partial charge on any atom is 0.490 e. The molecule has 0 amide bonds. The zero-order chi connectivity index (χ0) is 23.1. The normalized spacial score (nSPS) is 28.8. The first-order chi connectivity index (χ1) is 13.5. The van der Waals surface area contributed by atoms with Gasteiger partial charge < -0.3 is 39.1 Å². The van der Waals surface area contributed by atoms with Crippen molar-refractivity contribution in [1.82, 2.24) is 9.55 Å². The summed E-state index contributed by atoms with van der Waals surface area (Å²) in [4.78, 5) is 49.3. The first kappa shape index (κ1) is 25.6. The molecule has 172 valence electrons. The summed E-state index contributed by atoms with van der Waals surface area (Å²) < 4.78 is 51.4. The predicted octanol–water partition coefficient (Wildman–Crippen LogP) is -1.05. The van der Waals surface area contributed by atoms with Gasteiger partial charge >= 0.3 is 29.2 Å². The molecule has 7 N–H and O–H groups in total.